The van der Waals surface area contributed by atoms with Crippen LogP contribution >= 0.6 is 0 Å². The van der Waals surface area contributed by atoms with E-state index in [1.807, 2.05) is 0 Å². The first-order chi connectivity index (χ1) is 9.15. The molecule has 6 heteroatoms. The average Bonchev–Trinajstić information content (AvgIpc) is 2.64. The van der Waals surface area contributed by atoms with Crippen LogP contribution in [-0.2, 0) is 9.53 Å². The second-order valence-electron chi connectivity index (χ2n) is 5.38. The normalized spacial score (nSPS) is 31.1. The number of nitrogens with two attached hydrogens (primary N) is 1. The number of carbonyl (C=O) groups excluding carboxylic acids is 2. The van der Waals surface area contributed by atoms with E-state index in [9.17, 15) is 9.59 Å². The maximum atomic E-state index is 12.6. The molecule has 0 aromatic rings. The Hall–Kier alpha value is -1.14. The maximum Gasteiger partial charge on any atom is 0.325 e. The summed E-state index contributed by atoms with van der Waals surface area (Å²) in [6.07, 6.45) is 4.33. The van der Waals surface area contributed by atoms with Crippen molar-refractivity contribution in [1.29, 1.82) is 0 Å². The standard InChI is InChI=1S/C13H23N3O3/c1-19-8-4-7-16-11(17)13(15-12(16)18)6-3-2-5-10(13)9-14/h10H,2-9,14H2,1H3,(H,15,18). The van der Waals surface area contributed by atoms with Crippen molar-refractivity contribution in [3.05, 3.63) is 0 Å². The van der Waals surface area contributed by atoms with Gasteiger partial charge in [0.25, 0.3) is 5.91 Å². The Morgan fingerprint density at radius 3 is 2.95 bits per heavy atom. The Morgan fingerprint density at radius 2 is 2.26 bits per heavy atom. The molecule has 1 aliphatic carbocycles. The highest BCUT2D eigenvalue weighted by Crippen LogP contribution is 2.37. The Bertz CT molecular complexity index is 361. The van der Waals surface area contributed by atoms with Crippen LogP contribution in [0.1, 0.15) is 32.1 Å². The number of imide groups is 1. The van der Waals surface area contributed by atoms with Crippen LogP contribution in [-0.4, -0.2) is 49.2 Å². The molecule has 0 radical (unpaired) electrons. The van der Waals surface area contributed by atoms with Gasteiger partial charge in [-0.2, -0.15) is 0 Å². The molecular weight excluding hydrogens is 246 g/mol. The average molecular weight is 269 g/mol. The van der Waals surface area contributed by atoms with Crippen LogP contribution in [0.25, 0.3) is 0 Å². The van der Waals surface area contributed by atoms with Gasteiger partial charge >= 0.3 is 6.03 Å². The number of urea groups is 1. The largest absolute Gasteiger partial charge is 0.385 e. The molecule has 2 rings (SSSR count). The summed E-state index contributed by atoms with van der Waals surface area (Å²) in [5, 5.41) is 2.91. The quantitative estimate of drug-likeness (QED) is 0.561. The van der Waals surface area contributed by atoms with E-state index in [4.69, 9.17) is 10.5 Å². The van der Waals surface area contributed by atoms with Gasteiger partial charge < -0.3 is 15.8 Å². The SMILES string of the molecule is COCCCN1C(=O)NC2(CCCCC2CN)C1=O. The number of nitrogens with one attached hydrogen (secondary N) is 1. The van der Waals surface area contributed by atoms with E-state index in [-0.39, 0.29) is 17.9 Å². The fraction of sp³-hybridized carbons (Fsp3) is 0.846. The molecule has 2 aliphatic rings. The molecule has 3 amide bonds. The summed E-state index contributed by atoms with van der Waals surface area (Å²) in [5.41, 5.74) is 5.05. The summed E-state index contributed by atoms with van der Waals surface area (Å²) in [7, 11) is 1.61. The van der Waals surface area contributed by atoms with Crippen LogP contribution in [0, 0.1) is 5.92 Å². The third-order valence-corrected chi connectivity index (χ3v) is 4.29. The molecule has 0 bridgehead atoms. The minimum atomic E-state index is -0.739. The molecule has 0 aromatic heterocycles. The summed E-state index contributed by atoms with van der Waals surface area (Å²) in [4.78, 5) is 26.0. The van der Waals surface area contributed by atoms with Gasteiger partial charge in [0.15, 0.2) is 0 Å². The lowest BCUT2D eigenvalue weighted by Crippen LogP contribution is -2.57. The zero-order chi connectivity index (χ0) is 13.9. The van der Waals surface area contributed by atoms with Crippen molar-refractivity contribution in [2.75, 3.05) is 26.8 Å². The van der Waals surface area contributed by atoms with Gasteiger partial charge in [-0.15, -0.1) is 0 Å². The molecular formula is C13H23N3O3. The molecule has 108 valence electrons. The molecule has 3 N–H and O–H groups in total. The Balaban J connectivity index is 2.11. The Kier molecular flexibility index (Phi) is 4.42. The van der Waals surface area contributed by atoms with E-state index in [1.165, 1.54) is 4.90 Å². The monoisotopic (exact) mass is 269 g/mol. The summed E-state index contributed by atoms with van der Waals surface area (Å²) in [6, 6.07) is -0.276. The van der Waals surface area contributed by atoms with Crippen LogP contribution in [0.3, 0.4) is 0 Å². The maximum absolute atomic E-state index is 12.6. The van der Waals surface area contributed by atoms with Crippen LogP contribution in [0.4, 0.5) is 4.79 Å². The number of carbonyl (C=O) groups is 2. The first kappa shape index (κ1) is 14.3. The highest BCUT2D eigenvalue weighted by molar-refractivity contribution is 6.07. The number of hydrogen-bond acceptors (Lipinski definition) is 4. The second kappa shape index (κ2) is 5.88. The summed E-state index contributed by atoms with van der Waals surface area (Å²) in [5.74, 6) is -0.0334. The van der Waals surface area contributed by atoms with E-state index in [0.717, 1.165) is 19.3 Å². The van der Waals surface area contributed by atoms with Crippen molar-refractivity contribution in [3.8, 4) is 0 Å². The molecule has 1 heterocycles. The lowest BCUT2D eigenvalue weighted by molar-refractivity contribution is -0.134. The Morgan fingerprint density at radius 1 is 1.47 bits per heavy atom. The van der Waals surface area contributed by atoms with Gasteiger partial charge in [0.2, 0.25) is 0 Å². The van der Waals surface area contributed by atoms with Crippen molar-refractivity contribution < 1.29 is 14.3 Å². The van der Waals surface area contributed by atoms with E-state index < -0.39 is 5.54 Å². The molecule has 0 aromatic carbocycles. The summed E-state index contributed by atoms with van der Waals surface area (Å²) >= 11 is 0. The van der Waals surface area contributed by atoms with Crippen LogP contribution < -0.4 is 11.1 Å². The number of amides is 3. The van der Waals surface area contributed by atoms with Crippen molar-refractivity contribution >= 4 is 11.9 Å². The number of rotatable bonds is 5. The number of nitrogens with zero attached hydrogens (tertiary/aromatic N) is 1. The highest BCUT2D eigenvalue weighted by atomic mass is 16.5. The molecule has 1 saturated heterocycles. The second-order valence-corrected chi connectivity index (χ2v) is 5.38. The number of hydrogen-bond donors (Lipinski definition) is 2. The third-order valence-electron chi connectivity index (χ3n) is 4.29. The minimum Gasteiger partial charge on any atom is -0.385 e. The highest BCUT2D eigenvalue weighted by Gasteiger charge is 2.55. The van der Waals surface area contributed by atoms with Gasteiger partial charge in [-0.1, -0.05) is 12.8 Å². The van der Waals surface area contributed by atoms with Gasteiger partial charge in [-0.25, -0.2) is 4.79 Å². The zero-order valence-corrected chi connectivity index (χ0v) is 11.5. The smallest absolute Gasteiger partial charge is 0.325 e. The summed E-state index contributed by atoms with van der Waals surface area (Å²) in [6.45, 7) is 1.40. The van der Waals surface area contributed by atoms with Crippen molar-refractivity contribution in [2.45, 2.75) is 37.6 Å². The van der Waals surface area contributed by atoms with Crippen LogP contribution in [0.15, 0.2) is 0 Å². The van der Waals surface area contributed by atoms with E-state index in [2.05, 4.69) is 5.32 Å². The molecule has 6 nitrogen and oxygen atoms in total. The van der Waals surface area contributed by atoms with E-state index in [0.29, 0.717) is 32.5 Å². The van der Waals surface area contributed by atoms with Gasteiger partial charge in [0.05, 0.1) is 0 Å². The molecule has 2 atom stereocenters. The lowest BCUT2D eigenvalue weighted by Gasteiger charge is -2.38. The first-order valence-corrected chi connectivity index (χ1v) is 6.99. The predicted molar refractivity (Wildman–Crippen MR) is 70.5 cm³/mol. The molecule has 2 unspecified atom stereocenters. The molecule has 1 saturated carbocycles. The Labute approximate surface area is 113 Å². The topological polar surface area (TPSA) is 84.7 Å². The molecule has 1 spiro atoms. The van der Waals surface area contributed by atoms with Gasteiger partial charge in [-0.05, 0) is 25.8 Å². The number of methoxy groups -OCH3 is 1. The van der Waals surface area contributed by atoms with E-state index in [1.54, 1.807) is 7.11 Å². The lowest BCUT2D eigenvalue weighted by atomic mass is 9.72. The fourth-order valence-electron chi connectivity index (χ4n) is 3.23. The van der Waals surface area contributed by atoms with Gasteiger partial charge in [-0.3, -0.25) is 9.69 Å². The molecule has 2 fully saturated rings. The van der Waals surface area contributed by atoms with Crippen LogP contribution in [0.2, 0.25) is 0 Å². The van der Waals surface area contributed by atoms with Gasteiger partial charge in [0.1, 0.15) is 5.54 Å². The fourth-order valence-corrected chi connectivity index (χ4v) is 3.23. The van der Waals surface area contributed by atoms with Gasteiger partial charge in [0, 0.05) is 26.2 Å². The summed E-state index contributed by atoms with van der Waals surface area (Å²) < 4.78 is 4.96. The first-order valence-electron chi connectivity index (χ1n) is 6.99. The van der Waals surface area contributed by atoms with Crippen molar-refractivity contribution in [3.63, 3.8) is 0 Å². The third kappa shape index (κ3) is 2.47. The van der Waals surface area contributed by atoms with Crippen molar-refractivity contribution in [1.82, 2.24) is 10.2 Å². The number of ether oxygens (including phenoxy) is 1. The molecule has 1 aliphatic heterocycles. The van der Waals surface area contributed by atoms with Crippen molar-refractivity contribution in [2.24, 2.45) is 11.7 Å². The minimum absolute atomic E-state index is 0.0603. The van der Waals surface area contributed by atoms with E-state index >= 15 is 0 Å². The predicted octanol–water partition coefficient (Wildman–Crippen LogP) is 0.462. The van der Waals surface area contributed by atoms with Crippen LogP contribution in [0.5, 0.6) is 0 Å². The zero-order valence-electron chi connectivity index (χ0n) is 11.5. The molecule has 19 heavy (non-hydrogen) atoms.